The number of urea groups is 1. The Morgan fingerprint density at radius 3 is 2.60 bits per heavy atom. The molecule has 0 saturated heterocycles. The molecule has 0 radical (unpaired) electrons. The molecule has 0 aliphatic carbocycles. The highest BCUT2D eigenvalue weighted by Gasteiger charge is 2.05. The van der Waals surface area contributed by atoms with E-state index >= 15 is 0 Å². The lowest BCUT2D eigenvalue weighted by Gasteiger charge is -2.10. The molecule has 0 spiro atoms. The van der Waals surface area contributed by atoms with Crippen LogP contribution in [0.1, 0.15) is 16.7 Å². The number of aromatic amines is 1. The minimum absolute atomic E-state index is 0.0477. The first-order valence-electron chi connectivity index (χ1n) is 7.90. The largest absolute Gasteiger partial charge is 0.392 e. The molecule has 7 heteroatoms. The van der Waals surface area contributed by atoms with E-state index in [4.69, 9.17) is 0 Å². The summed E-state index contributed by atoms with van der Waals surface area (Å²) in [4.78, 5) is 16.1. The van der Waals surface area contributed by atoms with Crippen LogP contribution in [0.4, 0.5) is 4.79 Å². The van der Waals surface area contributed by atoms with E-state index in [0.717, 1.165) is 22.3 Å². The normalized spacial score (nSPS) is 10.4. The highest BCUT2D eigenvalue weighted by Crippen LogP contribution is 2.15. The molecule has 3 rings (SSSR count). The zero-order chi connectivity index (χ0) is 17.5. The van der Waals surface area contributed by atoms with Gasteiger partial charge in [-0.2, -0.15) is 5.10 Å². The van der Waals surface area contributed by atoms with E-state index in [0.29, 0.717) is 18.9 Å². The third kappa shape index (κ3) is 4.42. The van der Waals surface area contributed by atoms with Gasteiger partial charge in [0.2, 0.25) is 0 Å². The Morgan fingerprint density at radius 1 is 1.04 bits per heavy atom. The lowest BCUT2D eigenvalue weighted by Crippen LogP contribution is -2.34. The minimum Gasteiger partial charge on any atom is -0.392 e. The van der Waals surface area contributed by atoms with Gasteiger partial charge in [-0.05, 0) is 22.8 Å². The fraction of sp³-hybridized carbons (Fsp3) is 0.167. The Labute approximate surface area is 145 Å². The number of aliphatic hydroxyl groups is 1. The van der Waals surface area contributed by atoms with Crippen molar-refractivity contribution in [3.63, 3.8) is 0 Å². The number of nitrogens with zero attached hydrogens (tertiary/aromatic N) is 2. The van der Waals surface area contributed by atoms with E-state index in [1.54, 1.807) is 0 Å². The smallest absolute Gasteiger partial charge is 0.315 e. The average molecular weight is 337 g/mol. The lowest BCUT2D eigenvalue weighted by atomic mass is 10.1. The summed E-state index contributed by atoms with van der Waals surface area (Å²) in [5.41, 5.74) is 3.57. The predicted molar refractivity (Wildman–Crippen MR) is 93.3 cm³/mol. The van der Waals surface area contributed by atoms with Crippen molar-refractivity contribution < 1.29 is 9.90 Å². The topological polar surface area (TPSA) is 103 Å². The molecular weight excluding hydrogens is 318 g/mol. The quantitative estimate of drug-likeness (QED) is 0.552. The third-order valence-electron chi connectivity index (χ3n) is 3.80. The van der Waals surface area contributed by atoms with E-state index in [-0.39, 0.29) is 12.6 Å². The summed E-state index contributed by atoms with van der Waals surface area (Å²) in [6.45, 7) is 0.712. The van der Waals surface area contributed by atoms with E-state index in [9.17, 15) is 9.90 Å². The maximum atomic E-state index is 12.0. The standard InChI is InChI=1S/C18H19N5O2/c24-11-16-6-2-1-5-15(16)10-20-18(25)19-9-13-4-3-7-14(8-13)17-21-12-22-23-17/h1-8,12,24H,9-11H2,(H2,19,20,25)(H,21,22,23). The third-order valence-corrected chi connectivity index (χ3v) is 3.80. The zero-order valence-corrected chi connectivity index (χ0v) is 13.6. The van der Waals surface area contributed by atoms with Crippen molar-refractivity contribution in [1.29, 1.82) is 0 Å². The number of carbonyl (C=O) groups excluding carboxylic acids is 1. The van der Waals surface area contributed by atoms with Gasteiger partial charge in [0.15, 0.2) is 5.82 Å². The van der Waals surface area contributed by atoms with Crippen LogP contribution in [0.3, 0.4) is 0 Å². The molecule has 2 aromatic carbocycles. The van der Waals surface area contributed by atoms with Gasteiger partial charge < -0.3 is 15.7 Å². The fourth-order valence-corrected chi connectivity index (χ4v) is 2.48. The molecule has 1 heterocycles. The first kappa shape index (κ1) is 16.7. The van der Waals surface area contributed by atoms with E-state index in [2.05, 4.69) is 25.8 Å². The molecule has 0 unspecified atom stereocenters. The number of hydrogen-bond acceptors (Lipinski definition) is 4. The highest BCUT2D eigenvalue weighted by molar-refractivity contribution is 5.74. The van der Waals surface area contributed by atoms with Crippen LogP contribution in [0.5, 0.6) is 0 Å². The summed E-state index contributed by atoms with van der Waals surface area (Å²) in [6, 6.07) is 14.9. The summed E-state index contributed by atoms with van der Waals surface area (Å²) < 4.78 is 0. The second kappa shape index (κ2) is 8.07. The first-order chi connectivity index (χ1) is 12.3. The van der Waals surface area contributed by atoms with Crippen molar-refractivity contribution in [3.8, 4) is 11.4 Å². The molecule has 0 atom stereocenters. The van der Waals surface area contributed by atoms with Crippen LogP contribution >= 0.6 is 0 Å². The molecule has 2 amide bonds. The number of aliphatic hydroxyl groups excluding tert-OH is 1. The van der Waals surface area contributed by atoms with Gasteiger partial charge in [-0.25, -0.2) is 9.78 Å². The Hall–Kier alpha value is -3.19. The van der Waals surface area contributed by atoms with Crippen molar-refractivity contribution in [2.45, 2.75) is 19.7 Å². The van der Waals surface area contributed by atoms with Gasteiger partial charge in [0.05, 0.1) is 6.61 Å². The van der Waals surface area contributed by atoms with Crippen LogP contribution in [-0.4, -0.2) is 26.3 Å². The molecule has 7 nitrogen and oxygen atoms in total. The van der Waals surface area contributed by atoms with Gasteiger partial charge in [-0.3, -0.25) is 5.10 Å². The Bertz CT molecular complexity index is 833. The van der Waals surface area contributed by atoms with Crippen LogP contribution in [0.25, 0.3) is 11.4 Å². The van der Waals surface area contributed by atoms with Crippen molar-refractivity contribution in [1.82, 2.24) is 25.8 Å². The van der Waals surface area contributed by atoms with Crippen LogP contribution in [-0.2, 0) is 19.7 Å². The number of benzene rings is 2. The molecule has 4 N–H and O–H groups in total. The molecular formula is C18H19N5O2. The molecule has 0 bridgehead atoms. The minimum atomic E-state index is -0.266. The van der Waals surface area contributed by atoms with Crippen LogP contribution in [0.2, 0.25) is 0 Å². The zero-order valence-electron chi connectivity index (χ0n) is 13.6. The number of H-pyrrole nitrogens is 1. The highest BCUT2D eigenvalue weighted by atomic mass is 16.3. The van der Waals surface area contributed by atoms with E-state index in [1.165, 1.54) is 6.33 Å². The van der Waals surface area contributed by atoms with Crippen LogP contribution in [0, 0.1) is 0 Å². The Balaban J connectivity index is 1.53. The second-order valence-electron chi connectivity index (χ2n) is 5.50. The molecule has 0 saturated carbocycles. The summed E-state index contributed by atoms with van der Waals surface area (Å²) in [5, 5.41) is 21.6. The summed E-state index contributed by atoms with van der Waals surface area (Å²) >= 11 is 0. The number of amides is 2. The van der Waals surface area contributed by atoms with Gasteiger partial charge in [0, 0.05) is 18.7 Å². The number of nitrogens with one attached hydrogen (secondary N) is 3. The second-order valence-corrected chi connectivity index (χ2v) is 5.50. The molecule has 0 aliphatic heterocycles. The molecule has 25 heavy (non-hydrogen) atoms. The summed E-state index contributed by atoms with van der Waals surface area (Å²) in [5.74, 6) is 0.687. The molecule has 128 valence electrons. The van der Waals surface area contributed by atoms with Crippen LogP contribution in [0.15, 0.2) is 54.9 Å². The number of aromatic nitrogens is 3. The summed E-state index contributed by atoms with van der Waals surface area (Å²) in [6.07, 6.45) is 1.46. The van der Waals surface area contributed by atoms with Crippen molar-refractivity contribution >= 4 is 6.03 Å². The molecule has 3 aromatic rings. The molecule has 0 fully saturated rings. The van der Waals surface area contributed by atoms with E-state index in [1.807, 2.05) is 48.5 Å². The van der Waals surface area contributed by atoms with Crippen molar-refractivity contribution in [2.24, 2.45) is 0 Å². The lowest BCUT2D eigenvalue weighted by molar-refractivity contribution is 0.240. The molecule has 1 aromatic heterocycles. The van der Waals surface area contributed by atoms with Gasteiger partial charge in [-0.15, -0.1) is 0 Å². The summed E-state index contributed by atoms with van der Waals surface area (Å²) in [7, 11) is 0. The van der Waals surface area contributed by atoms with Gasteiger partial charge in [-0.1, -0.05) is 42.5 Å². The monoisotopic (exact) mass is 337 g/mol. The van der Waals surface area contributed by atoms with Crippen molar-refractivity contribution in [3.05, 3.63) is 71.5 Å². The Kier molecular flexibility index (Phi) is 5.38. The van der Waals surface area contributed by atoms with Crippen molar-refractivity contribution in [2.75, 3.05) is 0 Å². The number of carbonyl (C=O) groups is 1. The number of rotatable bonds is 6. The maximum Gasteiger partial charge on any atom is 0.315 e. The molecule has 0 aliphatic rings. The number of hydrogen-bond donors (Lipinski definition) is 4. The maximum absolute atomic E-state index is 12.0. The van der Waals surface area contributed by atoms with Gasteiger partial charge in [0.25, 0.3) is 0 Å². The van der Waals surface area contributed by atoms with Gasteiger partial charge in [0.1, 0.15) is 6.33 Å². The fourth-order valence-electron chi connectivity index (χ4n) is 2.48. The predicted octanol–water partition coefficient (Wildman–Crippen LogP) is 1.96. The van der Waals surface area contributed by atoms with E-state index < -0.39 is 0 Å². The van der Waals surface area contributed by atoms with Crippen LogP contribution < -0.4 is 10.6 Å². The van der Waals surface area contributed by atoms with Gasteiger partial charge >= 0.3 is 6.03 Å². The average Bonchev–Trinajstić information content (AvgIpc) is 3.20. The Morgan fingerprint density at radius 2 is 1.84 bits per heavy atom. The first-order valence-corrected chi connectivity index (χ1v) is 7.90. The SMILES string of the molecule is O=C(NCc1cccc(-c2ncn[nH]2)c1)NCc1ccccc1CO.